The molecule has 1 N–H and O–H groups in total. The molecule has 0 unspecified atom stereocenters. The normalized spacial score (nSPS) is 14.1. The molecule has 1 amide bonds. The summed E-state index contributed by atoms with van der Waals surface area (Å²) in [5.74, 6) is 1.15. The zero-order valence-corrected chi connectivity index (χ0v) is 11.6. The summed E-state index contributed by atoms with van der Waals surface area (Å²) in [6, 6.07) is 7.44. The van der Waals surface area contributed by atoms with Gasteiger partial charge < -0.3 is 5.32 Å². The lowest BCUT2D eigenvalue weighted by Crippen LogP contribution is -2.23. The fourth-order valence-electron chi connectivity index (χ4n) is 1.93. The van der Waals surface area contributed by atoms with Crippen LogP contribution in [0.1, 0.15) is 40.5 Å². The second-order valence-electron chi connectivity index (χ2n) is 4.88. The van der Waals surface area contributed by atoms with Gasteiger partial charge in [-0.15, -0.1) is 0 Å². The van der Waals surface area contributed by atoms with Gasteiger partial charge in [-0.2, -0.15) is 0 Å². The highest BCUT2D eigenvalue weighted by molar-refractivity contribution is 6.31. The molecular formula is C15H14ClN3O. The van der Waals surface area contributed by atoms with Crippen LogP contribution in [0.15, 0.2) is 36.7 Å². The maximum absolute atomic E-state index is 12.0. The zero-order valence-electron chi connectivity index (χ0n) is 10.8. The molecule has 0 bridgehead atoms. The number of hydrogen-bond acceptors (Lipinski definition) is 3. The van der Waals surface area contributed by atoms with Gasteiger partial charge in [0.1, 0.15) is 5.82 Å². The first-order valence-corrected chi connectivity index (χ1v) is 6.95. The highest BCUT2D eigenvalue weighted by Gasteiger charge is 2.26. The number of amides is 1. The highest BCUT2D eigenvalue weighted by atomic mass is 35.5. The molecule has 0 spiro atoms. The number of carbonyl (C=O) groups excluding carboxylic acids is 1. The molecule has 0 atom stereocenters. The Kier molecular flexibility index (Phi) is 3.65. The molecule has 20 heavy (non-hydrogen) atoms. The Morgan fingerprint density at radius 1 is 1.25 bits per heavy atom. The van der Waals surface area contributed by atoms with Crippen molar-refractivity contribution in [1.82, 2.24) is 15.3 Å². The first kappa shape index (κ1) is 13.1. The Balaban J connectivity index is 1.62. The predicted molar refractivity (Wildman–Crippen MR) is 76.6 cm³/mol. The third-order valence-corrected chi connectivity index (χ3v) is 3.64. The summed E-state index contributed by atoms with van der Waals surface area (Å²) >= 11 is 6.04. The minimum absolute atomic E-state index is 0.188. The van der Waals surface area contributed by atoms with E-state index in [2.05, 4.69) is 15.3 Å². The van der Waals surface area contributed by atoms with E-state index in [4.69, 9.17) is 11.6 Å². The molecule has 1 aromatic carbocycles. The Labute approximate surface area is 122 Å². The third kappa shape index (κ3) is 2.96. The van der Waals surface area contributed by atoms with Crippen LogP contribution in [0.4, 0.5) is 0 Å². The van der Waals surface area contributed by atoms with Crippen LogP contribution in [0.25, 0.3) is 0 Å². The van der Waals surface area contributed by atoms with E-state index in [0.29, 0.717) is 23.0 Å². The minimum atomic E-state index is -0.188. The number of carbonyl (C=O) groups is 1. The zero-order chi connectivity index (χ0) is 13.9. The second-order valence-corrected chi connectivity index (χ2v) is 5.29. The van der Waals surface area contributed by atoms with Crippen molar-refractivity contribution in [3.05, 3.63) is 58.6 Å². The lowest BCUT2D eigenvalue weighted by atomic mass is 10.2. The molecule has 5 heteroatoms. The average Bonchev–Trinajstić information content (AvgIpc) is 3.31. The number of nitrogens with one attached hydrogen (secondary N) is 1. The fraction of sp³-hybridized carbons (Fsp3) is 0.267. The predicted octanol–water partition coefficient (Wildman–Crippen LogP) is 2.94. The average molecular weight is 288 g/mol. The fourth-order valence-corrected chi connectivity index (χ4v) is 2.13. The molecule has 1 heterocycles. The maximum atomic E-state index is 12.0. The van der Waals surface area contributed by atoms with Crippen molar-refractivity contribution in [3.63, 3.8) is 0 Å². The first-order chi connectivity index (χ1) is 9.74. The van der Waals surface area contributed by atoms with Crippen LogP contribution in [0, 0.1) is 0 Å². The van der Waals surface area contributed by atoms with E-state index < -0.39 is 0 Å². The van der Waals surface area contributed by atoms with Crippen molar-refractivity contribution in [2.75, 3.05) is 0 Å². The molecule has 0 radical (unpaired) electrons. The van der Waals surface area contributed by atoms with Crippen molar-refractivity contribution < 1.29 is 4.79 Å². The Hall–Kier alpha value is -1.94. The van der Waals surface area contributed by atoms with Gasteiger partial charge in [0.15, 0.2) is 0 Å². The van der Waals surface area contributed by atoms with Gasteiger partial charge in [-0.05, 0) is 24.5 Å². The van der Waals surface area contributed by atoms with Gasteiger partial charge in [0, 0.05) is 29.9 Å². The molecule has 4 nitrogen and oxygen atoms in total. The van der Waals surface area contributed by atoms with Crippen LogP contribution in [-0.2, 0) is 6.54 Å². The molecule has 0 aliphatic heterocycles. The van der Waals surface area contributed by atoms with E-state index >= 15 is 0 Å². The lowest BCUT2D eigenvalue weighted by Gasteiger charge is -2.06. The molecule has 2 aromatic rings. The van der Waals surface area contributed by atoms with Gasteiger partial charge in [-0.25, -0.2) is 9.97 Å². The molecule has 1 aliphatic carbocycles. The van der Waals surface area contributed by atoms with E-state index in [-0.39, 0.29) is 5.91 Å². The maximum Gasteiger partial charge on any atom is 0.254 e. The van der Waals surface area contributed by atoms with Crippen molar-refractivity contribution in [2.45, 2.75) is 25.3 Å². The number of benzene rings is 1. The number of aromatic nitrogens is 2. The van der Waals surface area contributed by atoms with Gasteiger partial charge in [-0.3, -0.25) is 4.79 Å². The van der Waals surface area contributed by atoms with Gasteiger partial charge in [0.2, 0.25) is 0 Å². The van der Waals surface area contributed by atoms with Crippen LogP contribution in [0.2, 0.25) is 5.02 Å². The first-order valence-electron chi connectivity index (χ1n) is 6.57. The van der Waals surface area contributed by atoms with E-state index in [1.807, 2.05) is 18.2 Å². The molecule has 1 fully saturated rings. The summed E-state index contributed by atoms with van der Waals surface area (Å²) in [6.45, 7) is 0.392. The van der Waals surface area contributed by atoms with Gasteiger partial charge in [0.25, 0.3) is 5.91 Å². The molecular weight excluding hydrogens is 274 g/mol. The van der Waals surface area contributed by atoms with E-state index in [1.54, 1.807) is 18.5 Å². The summed E-state index contributed by atoms with van der Waals surface area (Å²) in [6.07, 6.45) is 5.47. The van der Waals surface area contributed by atoms with Crippen molar-refractivity contribution in [2.24, 2.45) is 0 Å². The second kappa shape index (κ2) is 5.59. The Morgan fingerprint density at radius 2 is 1.95 bits per heavy atom. The summed E-state index contributed by atoms with van der Waals surface area (Å²) in [7, 11) is 0. The van der Waals surface area contributed by atoms with E-state index in [1.165, 1.54) is 0 Å². The van der Waals surface area contributed by atoms with Crippen LogP contribution in [-0.4, -0.2) is 15.9 Å². The van der Waals surface area contributed by atoms with Gasteiger partial charge in [0.05, 0.1) is 5.56 Å². The quantitative estimate of drug-likeness (QED) is 0.940. The molecule has 3 rings (SSSR count). The van der Waals surface area contributed by atoms with Gasteiger partial charge in [-0.1, -0.05) is 29.8 Å². The smallest absolute Gasteiger partial charge is 0.254 e. The number of halogens is 1. The van der Waals surface area contributed by atoms with E-state index in [9.17, 15) is 4.79 Å². The lowest BCUT2D eigenvalue weighted by molar-refractivity contribution is 0.0950. The number of hydrogen-bond donors (Lipinski definition) is 1. The largest absolute Gasteiger partial charge is 0.348 e. The van der Waals surface area contributed by atoms with Crippen molar-refractivity contribution >= 4 is 17.5 Å². The monoisotopic (exact) mass is 287 g/mol. The Morgan fingerprint density at radius 3 is 2.60 bits per heavy atom. The van der Waals surface area contributed by atoms with Crippen molar-refractivity contribution in [3.8, 4) is 0 Å². The van der Waals surface area contributed by atoms with Gasteiger partial charge >= 0.3 is 0 Å². The van der Waals surface area contributed by atoms with Crippen LogP contribution in [0.5, 0.6) is 0 Å². The molecule has 0 saturated heterocycles. The molecule has 1 saturated carbocycles. The van der Waals surface area contributed by atoms with Crippen molar-refractivity contribution in [1.29, 1.82) is 0 Å². The van der Waals surface area contributed by atoms with Crippen LogP contribution >= 0.6 is 11.6 Å². The summed E-state index contributed by atoms with van der Waals surface area (Å²) < 4.78 is 0. The standard InChI is InChI=1S/C15H14ClN3O/c16-13-4-2-1-3-11(13)7-19-15(20)12-8-17-14(18-9-12)10-5-6-10/h1-4,8-10H,5-7H2,(H,19,20). The highest BCUT2D eigenvalue weighted by Crippen LogP contribution is 2.37. The summed E-state index contributed by atoms with van der Waals surface area (Å²) in [5.41, 5.74) is 1.36. The topological polar surface area (TPSA) is 54.9 Å². The minimum Gasteiger partial charge on any atom is -0.348 e. The summed E-state index contributed by atoms with van der Waals surface area (Å²) in [4.78, 5) is 20.5. The summed E-state index contributed by atoms with van der Waals surface area (Å²) in [5, 5.41) is 3.46. The molecule has 1 aromatic heterocycles. The van der Waals surface area contributed by atoms with Crippen LogP contribution < -0.4 is 5.32 Å². The SMILES string of the molecule is O=C(NCc1ccccc1Cl)c1cnc(C2CC2)nc1. The Bertz CT molecular complexity index is 623. The number of nitrogens with zero attached hydrogens (tertiary/aromatic N) is 2. The van der Waals surface area contributed by atoms with Crippen LogP contribution in [0.3, 0.4) is 0 Å². The van der Waals surface area contributed by atoms with E-state index in [0.717, 1.165) is 24.2 Å². The third-order valence-electron chi connectivity index (χ3n) is 3.27. The molecule has 1 aliphatic rings. The molecule has 102 valence electrons. The number of rotatable bonds is 4.